The molecule has 1 amide bonds. The Labute approximate surface area is 97.0 Å². The second kappa shape index (κ2) is 4.44. The van der Waals surface area contributed by atoms with Crippen LogP contribution in [0.1, 0.15) is 6.42 Å². The number of aliphatic hydroxyl groups is 2. The molecule has 0 aliphatic carbocycles. The summed E-state index contributed by atoms with van der Waals surface area (Å²) in [4.78, 5) is 12.3. The highest BCUT2D eigenvalue weighted by atomic mass is 19.1. The molecule has 94 valence electrons. The summed E-state index contributed by atoms with van der Waals surface area (Å²) in [6, 6.07) is 0. The highest BCUT2D eigenvalue weighted by Crippen LogP contribution is 2.27. The summed E-state index contributed by atoms with van der Waals surface area (Å²) in [5.74, 6) is -1.64. The SMILES string of the molecule is C=C1NC(=O)C(F)=CN1[C@H]1CC(O)[C@@H](CO)O1. The molecule has 2 heterocycles. The van der Waals surface area contributed by atoms with Crippen molar-refractivity contribution in [3.8, 4) is 0 Å². The van der Waals surface area contributed by atoms with Crippen LogP contribution < -0.4 is 5.32 Å². The molecule has 1 unspecified atom stereocenters. The number of ether oxygens (including phenoxy) is 1. The Morgan fingerprint density at radius 3 is 3.00 bits per heavy atom. The number of halogens is 1. The molecule has 0 radical (unpaired) electrons. The van der Waals surface area contributed by atoms with E-state index in [1.807, 2.05) is 0 Å². The van der Waals surface area contributed by atoms with E-state index in [0.29, 0.717) is 0 Å². The second-order valence-electron chi connectivity index (χ2n) is 3.90. The first-order valence-electron chi connectivity index (χ1n) is 5.13. The summed E-state index contributed by atoms with van der Waals surface area (Å²) in [7, 11) is 0. The molecule has 1 fully saturated rings. The zero-order valence-electron chi connectivity index (χ0n) is 8.97. The normalized spacial score (nSPS) is 33.7. The zero-order valence-corrected chi connectivity index (χ0v) is 8.97. The lowest BCUT2D eigenvalue weighted by Crippen LogP contribution is -2.42. The lowest BCUT2D eigenvalue weighted by Gasteiger charge is -2.31. The van der Waals surface area contributed by atoms with Crippen LogP contribution in [-0.4, -0.2) is 46.1 Å². The summed E-state index contributed by atoms with van der Waals surface area (Å²) >= 11 is 0. The molecule has 0 aromatic rings. The van der Waals surface area contributed by atoms with Crippen molar-refractivity contribution in [2.45, 2.75) is 24.9 Å². The van der Waals surface area contributed by atoms with Crippen molar-refractivity contribution in [1.29, 1.82) is 0 Å². The highest BCUT2D eigenvalue weighted by Gasteiger charge is 2.38. The molecule has 7 heteroatoms. The van der Waals surface area contributed by atoms with Gasteiger partial charge in [0.1, 0.15) is 18.2 Å². The Bertz CT molecular complexity index is 385. The van der Waals surface area contributed by atoms with Crippen LogP contribution in [0, 0.1) is 0 Å². The van der Waals surface area contributed by atoms with E-state index in [9.17, 15) is 14.3 Å². The summed E-state index contributed by atoms with van der Waals surface area (Å²) in [5, 5.41) is 20.7. The molecule has 0 saturated carbocycles. The third-order valence-corrected chi connectivity index (χ3v) is 2.73. The van der Waals surface area contributed by atoms with E-state index in [2.05, 4.69) is 11.9 Å². The Morgan fingerprint density at radius 2 is 2.41 bits per heavy atom. The second-order valence-corrected chi connectivity index (χ2v) is 3.90. The van der Waals surface area contributed by atoms with E-state index >= 15 is 0 Å². The number of nitrogens with zero attached hydrogens (tertiary/aromatic N) is 1. The molecule has 1 saturated heterocycles. The molecule has 17 heavy (non-hydrogen) atoms. The van der Waals surface area contributed by atoms with Gasteiger partial charge in [0.25, 0.3) is 5.91 Å². The number of hydrogen-bond acceptors (Lipinski definition) is 5. The number of rotatable bonds is 2. The van der Waals surface area contributed by atoms with Crippen molar-refractivity contribution in [3.63, 3.8) is 0 Å². The lowest BCUT2D eigenvalue weighted by molar-refractivity contribution is -0.120. The number of hydrogen-bond donors (Lipinski definition) is 3. The predicted molar refractivity (Wildman–Crippen MR) is 54.7 cm³/mol. The smallest absolute Gasteiger partial charge is 0.287 e. The van der Waals surface area contributed by atoms with E-state index in [1.165, 1.54) is 4.90 Å². The number of carbonyl (C=O) groups excluding carboxylic acids is 1. The van der Waals surface area contributed by atoms with Crippen molar-refractivity contribution >= 4 is 5.91 Å². The molecule has 2 rings (SSSR count). The molecule has 0 aromatic heterocycles. The lowest BCUT2D eigenvalue weighted by atomic mass is 10.2. The summed E-state index contributed by atoms with van der Waals surface area (Å²) in [5.41, 5.74) is 0. The average Bonchev–Trinajstić information content (AvgIpc) is 2.65. The molecular weight excluding hydrogens is 231 g/mol. The maximum atomic E-state index is 13.1. The van der Waals surface area contributed by atoms with Crippen molar-refractivity contribution in [3.05, 3.63) is 24.4 Å². The van der Waals surface area contributed by atoms with Crippen molar-refractivity contribution < 1.29 is 24.1 Å². The number of nitrogens with one attached hydrogen (secondary N) is 1. The largest absolute Gasteiger partial charge is 0.394 e. The molecule has 0 aromatic carbocycles. The van der Waals surface area contributed by atoms with Gasteiger partial charge in [0, 0.05) is 12.6 Å². The van der Waals surface area contributed by atoms with Gasteiger partial charge in [-0.3, -0.25) is 4.79 Å². The third kappa shape index (κ3) is 2.17. The predicted octanol–water partition coefficient (Wildman–Crippen LogP) is -0.832. The van der Waals surface area contributed by atoms with Crippen LogP contribution in [0.25, 0.3) is 0 Å². The Hall–Kier alpha value is -1.44. The van der Waals surface area contributed by atoms with Crippen LogP contribution in [0.3, 0.4) is 0 Å². The van der Waals surface area contributed by atoms with Gasteiger partial charge in [-0.15, -0.1) is 0 Å². The summed E-state index contributed by atoms with van der Waals surface area (Å²) in [6.07, 6.45) is -1.02. The van der Waals surface area contributed by atoms with Gasteiger partial charge in [0.2, 0.25) is 5.83 Å². The topological polar surface area (TPSA) is 82.0 Å². The van der Waals surface area contributed by atoms with Gasteiger partial charge in [0.15, 0.2) is 0 Å². The zero-order chi connectivity index (χ0) is 12.6. The monoisotopic (exact) mass is 244 g/mol. The standard InChI is InChI=1S/C10H13FN2O4/c1-5-12-10(16)6(11)3-13(5)9-2-7(15)8(4-14)17-9/h3,7-9,14-15H,1-2,4H2,(H,12,16)/t7?,8-,9-/m1/s1. The highest BCUT2D eigenvalue weighted by molar-refractivity contribution is 5.93. The summed E-state index contributed by atoms with van der Waals surface area (Å²) in [6.45, 7) is 3.24. The number of aliphatic hydroxyl groups excluding tert-OH is 2. The molecule has 6 nitrogen and oxygen atoms in total. The molecular formula is C10H13FN2O4. The van der Waals surface area contributed by atoms with Crippen molar-refractivity contribution in [2.24, 2.45) is 0 Å². The Morgan fingerprint density at radius 1 is 1.71 bits per heavy atom. The molecule has 3 N–H and O–H groups in total. The van der Waals surface area contributed by atoms with Crippen molar-refractivity contribution in [2.75, 3.05) is 6.61 Å². The number of amides is 1. The van der Waals surface area contributed by atoms with Crippen LogP contribution in [0.15, 0.2) is 24.4 Å². The quantitative estimate of drug-likeness (QED) is 0.590. The van der Waals surface area contributed by atoms with E-state index in [0.717, 1.165) is 6.20 Å². The van der Waals surface area contributed by atoms with E-state index in [-0.39, 0.29) is 18.8 Å². The minimum absolute atomic E-state index is 0.173. The van der Waals surface area contributed by atoms with Gasteiger partial charge in [-0.25, -0.2) is 0 Å². The van der Waals surface area contributed by atoms with Gasteiger partial charge in [-0.2, -0.15) is 4.39 Å². The Balaban J connectivity index is 2.13. The fraction of sp³-hybridized carbons (Fsp3) is 0.500. The van der Waals surface area contributed by atoms with E-state index in [4.69, 9.17) is 9.84 Å². The fourth-order valence-electron chi connectivity index (χ4n) is 1.82. The molecule has 0 bridgehead atoms. The number of carbonyl (C=O) groups is 1. The van der Waals surface area contributed by atoms with Crippen LogP contribution in [0.4, 0.5) is 4.39 Å². The van der Waals surface area contributed by atoms with Gasteiger partial charge < -0.3 is 25.2 Å². The molecule has 3 atom stereocenters. The minimum atomic E-state index is -0.956. The molecule has 2 aliphatic heterocycles. The van der Waals surface area contributed by atoms with E-state index < -0.39 is 30.2 Å². The van der Waals surface area contributed by atoms with Crippen LogP contribution in [0.5, 0.6) is 0 Å². The average molecular weight is 244 g/mol. The van der Waals surface area contributed by atoms with Crippen molar-refractivity contribution in [1.82, 2.24) is 10.2 Å². The van der Waals surface area contributed by atoms with Gasteiger partial charge in [-0.1, -0.05) is 6.58 Å². The minimum Gasteiger partial charge on any atom is -0.394 e. The first-order chi connectivity index (χ1) is 8.02. The van der Waals surface area contributed by atoms with Crippen LogP contribution >= 0.6 is 0 Å². The van der Waals surface area contributed by atoms with Gasteiger partial charge in [-0.05, 0) is 0 Å². The Kier molecular flexibility index (Phi) is 3.14. The van der Waals surface area contributed by atoms with E-state index in [1.54, 1.807) is 0 Å². The van der Waals surface area contributed by atoms with Crippen LogP contribution in [-0.2, 0) is 9.53 Å². The third-order valence-electron chi connectivity index (χ3n) is 2.73. The fourth-order valence-corrected chi connectivity index (χ4v) is 1.82. The van der Waals surface area contributed by atoms with Gasteiger partial charge >= 0.3 is 0 Å². The maximum absolute atomic E-state index is 13.1. The maximum Gasteiger partial charge on any atom is 0.287 e. The summed E-state index contributed by atoms with van der Waals surface area (Å²) < 4.78 is 18.4. The molecule has 2 aliphatic rings. The first-order valence-corrected chi connectivity index (χ1v) is 5.13. The van der Waals surface area contributed by atoms with Gasteiger partial charge in [0.05, 0.1) is 12.7 Å². The molecule has 0 spiro atoms. The van der Waals surface area contributed by atoms with Crippen LogP contribution in [0.2, 0.25) is 0 Å². The first kappa shape index (κ1) is 12.0.